The zero-order valence-corrected chi connectivity index (χ0v) is 34.1. The van der Waals surface area contributed by atoms with E-state index in [1.807, 2.05) is 29.6 Å². The third-order valence-electron chi connectivity index (χ3n) is 8.65. The summed E-state index contributed by atoms with van der Waals surface area (Å²) in [5.41, 5.74) is 7.51. The molecule has 0 aliphatic rings. The number of thioether (sulfide) groups is 2. The third-order valence-corrected chi connectivity index (χ3v) is 18.0. The Balaban J connectivity index is 0.000000312. The van der Waals surface area contributed by atoms with Crippen LogP contribution in [0.25, 0.3) is 0 Å². The van der Waals surface area contributed by atoms with Gasteiger partial charge in [0.2, 0.25) is 0 Å². The van der Waals surface area contributed by atoms with Crippen LogP contribution < -0.4 is 5.19 Å². The molecule has 44 heavy (non-hydrogen) atoms. The summed E-state index contributed by atoms with van der Waals surface area (Å²) in [4.78, 5) is 3.33. The molecule has 0 saturated carbocycles. The van der Waals surface area contributed by atoms with Crippen LogP contribution in [-0.2, 0) is 0 Å². The average molecular weight is 669 g/mol. The zero-order chi connectivity index (χ0) is 33.5. The molecule has 2 nitrogen and oxygen atoms in total. The fourth-order valence-electron chi connectivity index (χ4n) is 5.25. The molecule has 3 aromatic rings. The van der Waals surface area contributed by atoms with Crippen LogP contribution in [0, 0.1) is 13.8 Å². The fourth-order valence-corrected chi connectivity index (χ4v) is 11.7. The van der Waals surface area contributed by atoms with E-state index in [-0.39, 0.29) is 9.52 Å². The van der Waals surface area contributed by atoms with Gasteiger partial charge in [-0.3, -0.25) is 0 Å². The van der Waals surface area contributed by atoms with Crippen LogP contribution in [0.1, 0.15) is 119 Å². The predicted octanol–water partition coefficient (Wildman–Crippen LogP) is 10.8. The maximum Gasteiger partial charge on any atom is 0.122 e. The number of hydrogen-bond donors (Lipinski definition) is 2. The van der Waals surface area contributed by atoms with E-state index in [4.69, 9.17) is 0 Å². The molecule has 3 rings (SSSR count). The molecule has 0 aliphatic heterocycles. The minimum atomic E-state index is -1.16. The summed E-state index contributed by atoms with van der Waals surface area (Å²) < 4.78 is 0. The second kappa shape index (κ2) is 16.8. The maximum atomic E-state index is 10.5. The molecular formula is C38H60O2S2Si2. The van der Waals surface area contributed by atoms with Gasteiger partial charge in [-0.15, -0.1) is 23.5 Å². The van der Waals surface area contributed by atoms with Crippen molar-refractivity contribution in [1.29, 1.82) is 0 Å². The van der Waals surface area contributed by atoms with E-state index in [0.29, 0.717) is 40.0 Å². The lowest BCUT2D eigenvalue weighted by Crippen LogP contribution is -2.33. The monoisotopic (exact) mass is 668 g/mol. The zero-order valence-electron chi connectivity index (χ0n) is 30.1. The summed E-state index contributed by atoms with van der Waals surface area (Å²) in [7, 11) is -1.44. The van der Waals surface area contributed by atoms with Crippen LogP contribution in [0.4, 0.5) is 0 Å². The topological polar surface area (TPSA) is 40.5 Å². The first-order chi connectivity index (χ1) is 20.4. The van der Waals surface area contributed by atoms with E-state index >= 15 is 0 Å². The first-order valence-electron chi connectivity index (χ1n) is 16.4. The Morgan fingerprint density at radius 3 is 1.75 bits per heavy atom. The van der Waals surface area contributed by atoms with Crippen LogP contribution >= 0.6 is 23.5 Å². The highest BCUT2D eigenvalue weighted by Crippen LogP contribution is 2.42. The minimum Gasteiger partial charge on any atom is -0.508 e. The van der Waals surface area contributed by atoms with Gasteiger partial charge in [0.1, 0.15) is 11.5 Å². The second-order valence-corrected chi connectivity index (χ2v) is 25.6. The molecule has 244 valence electrons. The number of phenols is 2. The molecular weight excluding hydrogens is 609 g/mol. The van der Waals surface area contributed by atoms with Crippen molar-refractivity contribution < 1.29 is 10.2 Å². The van der Waals surface area contributed by atoms with Crippen molar-refractivity contribution in [3.63, 3.8) is 0 Å². The summed E-state index contributed by atoms with van der Waals surface area (Å²) in [5.74, 6) is 2.44. The fraction of sp³-hybridized carbons (Fsp3) is 0.526. The summed E-state index contributed by atoms with van der Waals surface area (Å²) in [6.45, 7) is 31.4. The minimum absolute atomic E-state index is 0.278. The Morgan fingerprint density at radius 1 is 0.727 bits per heavy atom. The van der Waals surface area contributed by atoms with Crippen molar-refractivity contribution in [2.45, 2.75) is 134 Å². The molecule has 1 atom stereocenters. The molecule has 0 aliphatic carbocycles. The molecule has 0 spiro atoms. The van der Waals surface area contributed by atoms with Crippen LogP contribution in [0.5, 0.6) is 11.5 Å². The molecule has 0 heterocycles. The quantitative estimate of drug-likeness (QED) is 0.158. The number of aromatic hydroxyl groups is 2. The van der Waals surface area contributed by atoms with E-state index in [1.165, 1.54) is 31.9 Å². The highest BCUT2D eigenvalue weighted by molar-refractivity contribution is 8.01. The van der Waals surface area contributed by atoms with Crippen molar-refractivity contribution in [2.24, 2.45) is 0 Å². The highest BCUT2D eigenvalue weighted by Gasteiger charge is 2.26. The van der Waals surface area contributed by atoms with Crippen molar-refractivity contribution in [1.82, 2.24) is 0 Å². The van der Waals surface area contributed by atoms with Gasteiger partial charge in [0.25, 0.3) is 0 Å². The lowest BCUT2D eigenvalue weighted by Gasteiger charge is -2.28. The van der Waals surface area contributed by atoms with Gasteiger partial charge >= 0.3 is 0 Å². The van der Waals surface area contributed by atoms with Gasteiger partial charge in [-0.1, -0.05) is 105 Å². The maximum absolute atomic E-state index is 10.5. The molecule has 6 heteroatoms. The smallest absolute Gasteiger partial charge is 0.122 e. The first kappa shape index (κ1) is 38.6. The van der Waals surface area contributed by atoms with Crippen molar-refractivity contribution in [2.75, 3.05) is 5.38 Å². The summed E-state index contributed by atoms with van der Waals surface area (Å²) >= 11 is 3.95. The number of phenolic OH excluding ortho intramolecular Hbond substituents is 2. The lowest BCUT2D eigenvalue weighted by molar-refractivity contribution is 0.453. The van der Waals surface area contributed by atoms with Gasteiger partial charge in [0.15, 0.2) is 0 Å². The van der Waals surface area contributed by atoms with Crippen LogP contribution in [-0.4, -0.2) is 38.1 Å². The number of hydrogen-bond acceptors (Lipinski definition) is 4. The molecule has 0 radical (unpaired) electrons. The lowest BCUT2D eigenvalue weighted by atomic mass is 9.90. The molecule has 0 aromatic heterocycles. The van der Waals surface area contributed by atoms with Crippen molar-refractivity contribution >= 4 is 46.3 Å². The van der Waals surface area contributed by atoms with E-state index in [1.54, 1.807) is 5.19 Å². The summed E-state index contributed by atoms with van der Waals surface area (Å²) in [6.07, 6.45) is 0. The molecule has 0 saturated heterocycles. The van der Waals surface area contributed by atoms with E-state index in [2.05, 4.69) is 132 Å². The second-order valence-electron chi connectivity index (χ2n) is 14.6. The molecule has 0 fully saturated rings. The van der Waals surface area contributed by atoms with E-state index in [9.17, 15) is 10.2 Å². The standard InChI is InChI=1S/C21H30OSSi.C17H30OSSi/c1-13(2)18-10-17(11-19(14(3)4)21(18)22)23-12-24-20-9-7-8-15(5)16(20)6;1-11(2)16-14(18)9-10-15(17(16)12(3)4)19-13(5)20(6,7)8/h7-11,13-14,22H,12,24H2,1-6H3;9-13,18H,1-8H3. The Hall–Kier alpha value is -1.61. The number of aryl methyl sites for hydroxylation is 1. The van der Waals surface area contributed by atoms with Crippen molar-refractivity contribution in [3.05, 3.63) is 75.8 Å². The number of benzene rings is 3. The van der Waals surface area contributed by atoms with Gasteiger partial charge in [-0.25, -0.2) is 0 Å². The molecule has 3 aromatic carbocycles. The largest absolute Gasteiger partial charge is 0.508 e. The predicted molar refractivity (Wildman–Crippen MR) is 206 cm³/mol. The Morgan fingerprint density at radius 2 is 1.27 bits per heavy atom. The molecule has 2 N–H and O–H groups in total. The normalized spacial score (nSPS) is 13.0. The van der Waals surface area contributed by atoms with E-state index < -0.39 is 8.07 Å². The van der Waals surface area contributed by atoms with Gasteiger partial charge in [-0.2, -0.15) is 0 Å². The van der Waals surface area contributed by atoms with Crippen molar-refractivity contribution in [3.8, 4) is 11.5 Å². The van der Waals surface area contributed by atoms with Gasteiger partial charge in [0, 0.05) is 20.2 Å². The van der Waals surface area contributed by atoms with Gasteiger partial charge in [-0.05, 0) is 95.0 Å². The van der Waals surface area contributed by atoms with E-state index in [0.717, 1.165) is 16.7 Å². The van der Waals surface area contributed by atoms with Gasteiger partial charge in [0.05, 0.1) is 17.6 Å². The number of rotatable bonds is 11. The van der Waals surface area contributed by atoms with Crippen LogP contribution in [0.15, 0.2) is 52.3 Å². The highest BCUT2D eigenvalue weighted by atomic mass is 32.2. The van der Waals surface area contributed by atoms with Crippen LogP contribution in [0.2, 0.25) is 19.6 Å². The molecule has 0 amide bonds. The Labute approximate surface area is 282 Å². The average Bonchev–Trinajstić information content (AvgIpc) is 2.91. The third kappa shape index (κ3) is 10.5. The first-order valence-corrected chi connectivity index (χ1v) is 23.6. The SMILES string of the molecule is CC(C)c1c(O)ccc(SC(C)[Si](C)(C)C)c1C(C)C.Cc1cccc([SiH2]CSc2cc(C(C)C)c(O)c(C(C)C)c2)c1C. The summed E-state index contributed by atoms with van der Waals surface area (Å²) in [5, 5.41) is 23.5. The summed E-state index contributed by atoms with van der Waals surface area (Å²) in [6, 6.07) is 15.0. The Bertz CT molecular complexity index is 1340. The molecule has 0 bridgehead atoms. The molecule has 1 unspecified atom stereocenters. The van der Waals surface area contributed by atoms with Gasteiger partial charge < -0.3 is 10.2 Å². The van der Waals surface area contributed by atoms with Crippen LogP contribution in [0.3, 0.4) is 0 Å². The Kier molecular flexibility index (Phi) is 14.7.